The van der Waals surface area contributed by atoms with Crippen molar-refractivity contribution in [2.75, 3.05) is 31.8 Å². The predicted molar refractivity (Wildman–Crippen MR) is 111 cm³/mol. The number of anilines is 1. The van der Waals surface area contributed by atoms with Crippen LogP contribution in [0.5, 0.6) is 17.2 Å². The van der Waals surface area contributed by atoms with Crippen molar-refractivity contribution in [3.8, 4) is 17.2 Å². The van der Waals surface area contributed by atoms with Gasteiger partial charge in [0, 0.05) is 24.7 Å². The number of nitrogens with two attached hydrogens (primary N) is 1. The molecule has 0 aliphatic carbocycles. The van der Waals surface area contributed by atoms with Gasteiger partial charge in [0.05, 0.1) is 12.1 Å². The Kier molecular flexibility index (Phi) is 6.61. The van der Waals surface area contributed by atoms with Crippen LogP contribution >= 0.6 is 11.6 Å². The van der Waals surface area contributed by atoms with Crippen molar-refractivity contribution in [1.29, 1.82) is 0 Å². The molecule has 0 radical (unpaired) electrons. The second kappa shape index (κ2) is 9.34. The fourth-order valence-electron chi connectivity index (χ4n) is 2.84. The van der Waals surface area contributed by atoms with E-state index in [0.717, 1.165) is 0 Å². The molecule has 0 aromatic heterocycles. The van der Waals surface area contributed by atoms with E-state index in [2.05, 4.69) is 0 Å². The Balaban J connectivity index is 1.81. The zero-order valence-corrected chi connectivity index (χ0v) is 16.6. The summed E-state index contributed by atoms with van der Waals surface area (Å²) in [4.78, 5) is 25.5. The van der Waals surface area contributed by atoms with Crippen LogP contribution in [0.3, 0.4) is 0 Å². The Morgan fingerprint density at radius 1 is 1.21 bits per heavy atom. The Bertz CT molecular complexity index is 927. The number of benzene rings is 2. The minimum atomic E-state index is -0.487. The van der Waals surface area contributed by atoms with Crippen LogP contribution in [0.1, 0.15) is 12.0 Å². The van der Waals surface area contributed by atoms with Crippen LogP contribution in [0.15, 0.2) is 42.5 Å². The molecule has 0 saturated carbocycles. The highest BCUT2D eigenvalue weighted by molar-refractivity contribution is 6.32. The molecular formula is C21H21ClN2O5. The molecular weight excluding hydrogens is 396 g/mol. The van der Waals surface area contributed by atoms with E-state index in [1.807, 2.05) is 0 Å². The average Bonchev–Trinajstić information content (AvgIpc) is 2.72. The monoisotopic (exact) mass is 416 g/mol. The molecule has 0 atom stereocenters. The number of methoxy groups -OCH3 is 1. The van der Waals surface area contributed by atoms with Gasteiger partial charge in [-0.05, 0) is 48.0 Å². The molecule has 2 N–H and O–H groups in total. The van der Waals surface area contributed by atoms with Gasteiger partial charge in [-0.25, -0.2) is 0 Å². The summed E-state index contributed by atoms with van der Waals surface area (Å²) in [5.41, 5.74) is 6.57. The summed E-state index contributed by atoms with van der Waals surface area (Å²) < 4.78 is 16.2. The molecule has 0 fully saturated rings. The van der Waals surface area contributed by atoms with Crippen molar-refractivity contribution in [3.05, 3.63) is 53.1 Å². The van der Waals surface area contributed by atoms with Crippen molar-refractivity contribution in [2.45, 2.75) is 6.42 Å². The van der Waals surface area contributed by atoms with Gasteiger partial charge < -0.3 is 24.8 Å². The van der Waals surface area contributed by atoms with Gasteiger partial charge in [-0.1, -0.05) is 11.6 Å². The fraction of sp³-hybridized carbons (Fsp3) is 0.238. The van der Waals surface area contributed by atoms with E-state index >= 15 is 0 Å². The van der Waals surface area contributed by atoms with Gasteiger partial charge in [0.15, 0.2) is 11.5 Å². The molecule has 0 saturated heterocycles. The number of carbonyl (C=O) groups is 2. The molecule has 2 aromatic carbocycles. The van der Waals surface area contributed by atoms with Crippen LogP contribution in [-0.4, -0.2) is 38.7 Å². The normalized spacial score (nSPS) is 12.6. The summed E-state index contributed by atoms with van der Waals surface area (Å²) in [6.07, 6.45) is 3.08. The van der Waals surface area contributed by atoms with Crippen molar-refractivity contribution < 1.29 is 23.8 Å². The molecule has 152 valence electrons. The van der Waals surface area contributed by atoms with Gasteiger partial charge in [-0.3, -0.25) is 9.59 Å². The summed E-state index contributed by atoms with van der Waals surface area (Å²) >= 11 is 6.24. The van der Waals surface area contributed by atoms with Crippen LogP contribution in [0.2, 0.25) is 5.02 Å². The lowest BCUT2D eigenvalue weighted by Gasteiger charge is -2.21. The Labute approximate surface area is 173 Å². The van der Waals surface area contributed by atoms with Crippen molar-refractivity contribution in [1.82, 2.24) is 0 Å². The molecule has 7 nitrogen and oxygen atoms in total. The number of amides is 2. The molecule has 0 bridgehead atoms. The average molecular weight is 417 g/mol. The van der Waals surface area contributed by atoms with E-state index in [0.29, 0.717) is 46.7 Å². The first kappa shape index (κ1) is 20.5. The van der Waals surface area contributed by atoms with Crippen molar-refractivity contribution in [2.24, 2.45) is 5.73 Å². The molecule has 1 aliphatic heterocycles. The van der Waals surface area contributed by atoms with Gasteiger partial charge in [-0.15, -0.1) is 0 Å². The van der Waals surface area contributed by atoms with E-state index in [9.17, 15) is 9.59 Å². The lowest BCUT2D eigenvalue weighted by atomic mass is 10.1. The lowest BCUT2D eigenvalue weighted by Crippen LogP contribution is -2.32. The van der Waals surface area contributed by atoms with Crippen LogP contribution in [0.4, 0.5) is 5.69 Å². The van der Waals surface area contributed by atoms with E-state index in [-0.39, 0.29) is 18.9 Å². The second-order valence-corrected chi connectivity index (χ2v) is 6.67. The quantitative estimate of drug-likeness (QED) is 0.700. The number of carbonyl (C=O) groups excluding carboxylic acids is 2. The van der Waals surface area contributed by atoms with Crippen molar-refractivity contribution >= 4 is 35.2 Å². The summed E-state index contributed by atoms with van der Waals surface area (Å²) in [5, 5.41) is 0.412. The highest BCUT2D eigenvalue weighted by Gasteiger charge is 2.17. The summed E-state index contributed by atoms with van der Waals surface area (Å²) in [7, 11) is 1.56. The van der Waals surface area contributed by atoms with Crippen LogP contribution in [0.25, 0.3) is 6.08 Å². The minimum Gasteiger partial charge on any atom is -0.497 e. The Hall–Kier alpha value is -3.19. The second-order valence-electron chi connectivity index (χ2n) is 6.26. The summed E-state index contributed by atoms with van der Waals surface area (Å²) in [6.45, 7) is 1.04. The topological polar surface area (TPSA) is 91.1 Å². The minimum absolute atomic E-state index is 0.0431. The first-order chi connectivity index (χ1) is 14.0. The standard InChI is InChI=1S/C21H21ClN2O5/c1-27-16-5-3-15(4-6-16)24(9-8-19(23)25)20(26)7-2-14-12-17(22)21-18(13-14)28-10-11-29-21/h2-7,12-13H,8-11H2,1H3,(H2,23,25)/b7-2+. The third-order valence-electron chi connectivity index (χ3n) is 4.27. The molecule has 1 heterocycles. The highest BCUT2D eigenvalue weighted by Crippen LogP contribution is 2.38. The number of ether oxygens (including phenoxy) is 3. The SMILES string of the molecule is COc1ccc(N(CCC(N)=O)C(=O)/C=C/c2cc(Cl)c3c(c2)OCCO3)cc1. The summed E-state index contributed by atoms with van der Waals surface area (Å²) in [5.74, 6) is 0.915. The first-order valence-electron chi connectivity index (χ1n) is 8.99. The first-order valence-corrected chi connectivity index (χ1v) is 9.37. The largest absolute Gasteiger partial charge is 0.497 e. The maximum Gasteiger partial charge on any atom is 0.251 e. The third kappa shape index (κ3) is 5.20. The molecule has 2 amide bonds. The predicted octanol–water partition coefficient (Wildman–Crippen LogP) is 3.04. The number of nitrogens with zero attached hydrogens (tertiary/aromatic N) is 1. The van der Waals surface area contributed by atoms with Crippen molar-refractivity contribution in [3.63, 3.8) is 0 Å². The molecule has 0 spiro atoms. The van der Waals surface area contributed by atoms with Gasteiger partial charge in [0.1, 0.15) is 19.0 Å². The Morgan fingerprint density at radius 2 is 1.93 bits per heavy atom. The number of rotatable bonds is 7. The molecule has 29 heavy (non-hydrogen) atoms. The smallest absolute Gasteiger partial charge is 0.251 e. The number of hydrogen-bond acceptors (Lipinski definition) is 5. The van der Waals surface area contributed by atoms with Gasteiger partial charge >= 0.3 is 0 Å². The van der Waals surface area contributed by atoms with Gasteiger partial charge in [0.25, 0.3) is 5.91 Å². The number of halogens is 1. The highest BCUT2D eigenvalue weighted by atomic mass is 35.5. The van der Waals surface area contributed by atoms with Crippen LogP contribution in [-0.2, 0) is 9.59 Å². The van der Waals surface area contributed by atoms with E-state index in [1.165, 1.54) is 11.0 Å². The third-order valence-corrected chi connectivity index (χ3v) is 4.55. The van der Waals surface area contributed by atoms with Gasteiger partial charge in [0.2, 0.25) is 5.91 Å². The van der Waals surface area contributed by atoms with Crippen LogP contribution < -0.4 is 24.8 Å². The molecule has 1 aliphatic rings. The maximum atomic E-state index is 12.8. The maximum absolute atomic E-state index is 12.8. The van der Waals surface area contributed by atoms with Crippen LogP contribution in [0, 0.1) is 0 Å². The number of hydrogen-bond donors (Lipinski definition) is 1. The summed E-state index contributed by atoms with van der Waals surface area (Å²) in [6, 6.07) is 10.4. The molecule has 3 rings (SSSR count). The lowest BCUT2D eigenvalue weighted by molar-refractivity contribution is -0.118. The number of fused-ring (bicyclic) bond motifs is 1. The van der Waals surface area contributed by atoms with Gasteiger partial charge in [-0.2, -0.15) is 0 Å². The zero-order chi connectivity index (χ0) is 20.8. The van der Waals surface area contributed by atoms with E-state index in [1.54, 1.807) is 49.6 Å². The zero-order valence-electron chi connectivity index (χ0n) is 15.9. The molecule has 8 heteroatoms. The van der Waals surface area contributed by atoms with E-state index in [4.69, 9.17) is 31.5 Å². The molecule has 0 unspecified atom stereocenters. The van der Waals surface area contributed by atoms with E-state index < -0.39 is 5.91 Å². The fourth-order valence-corrected chi connectivity index (χ4v) is 3.11. The Morgan fingerprint density at radius 3 is 2.62 bits per heavy atom. The number of primary amides is 1. The molecule has 2 aromatic rings.